The van der Waals surface area contributed by atoms with Gasteiger partial charge < -0.3 is 35.0 Å². The van der Waals surface area contributed by atoms with E-state index in [1.807, 2.05) is 0 Å². The number of hydrogen-bond acceptors (Lipinski definition) is 10. The van der Waals surface area contributed by atoms with Gasteiger partial charge in [0, 0.05) is 39.3 Å². The zero-order valence-electron chi connectivity index (χ0n) is 21.2. The number of carbonyl (C=O) groups is 3. The number of carboxylic acids is 3. The van der Waals surface area contributed by atoms with Crippen LogP contribution in [0.25, 0.3) is 0 Å². The molecule has 5 N–H and O–H groups in total. The average Bonchev–Trinajstić information content (AvgIpc) is 2.83. The maximum Gasteiger partial charge on any atom is 0.359 e. The van der Waals surface area contributed by atoms with Crippen molar-refractivity contribution >= 4 is 41.0 Å². The summed E-state index contributed by atoms with van der Waals surface area (Å²) in [5, 5.41) is 44.6. The van der Waals surface area contributed by atoms with Gasteiger partial charge in [-0.15, -0.1) is 0 Å². The van der Waals surface area contributed by atoms with Crippen molar-refractivity contribution in [1.29, 1.82) is 0 Å². The lowest BCUT2D eigenvalue weighted by Crippen LogP contribution is -2.61. The van der Waals surface area contributed by atoms with Crippen LogP contribution in [0.3, 0.4) is 0 Å². The number of nitrogens with zero attached hydrogens (tertiary/aromatic N) is 4. The van der Waals surface area contributed by atoms with Crippen LogP contribution in [-0.2, 0) is 14.4 Å². The summed E-state index contributed by atoms with van der Waals surface area (Å²) >= 11 is 4.58. The third-order valence-electron chi connectivity index (χ3n) is 6.23. The number of aliphatic hydroxyl groups excluding tert-OH is 1. The van der Waals surface area contributed by atoms with Gasteiger partial charge in [-0.05, 0) is 36.5 Å². The van der Waals surface area contributed by atoms with Crippen LogP contribution >= 0.6 is 12.2 Å². The van der Waals surface area contributed by atoms with Crippen molar-refractivity contribution < 1.29 is 44.0 Å². The van der Waals surface area contributed by atoms with Crippen molar-refractivity contribution in [1.82, 2.24) is 15.1 Å². The molecule has 1 fully saturated rings. The zero-order valence-corrected chi connectivity index (χ0v) is 22.0. The van der Waals surface area contributed by atoms with Crippen LogP contribution in [0.15, 0.2) is 29.3 Å². The highest BCUT2D eigenvalue weighted by Gasteiger charge is 2.34. The van der Waals surface area contributed by atoms with Crippen LogP contribution in [0.5, 0.6) is 5.75 Å². The number of isothiocyanates is 1. The molecular formula is C24H36N5O8S+. The third-order valence-corrected chi connectivity index (χ3v) is 6.32. The molecule has 38 heavy (non-hydrogen) atoms. The Kier molecular flexibility index (Phi) is 13.2. The van der Waals surface area contributed by atoms with E-state index in [0.717, 1.165) is 0 Å². The summed E-state index contributed by atoms with van der Waals surface area (Å²) in [4.78, 5) is 41.8. The van der Waals surface area contributed by atoms with Crippen molar-refractivity contribution in [3.05, 3.63) is 24.3 Å². The monoisotopic (exact) mass is 554 g/mol. The van der Waals surface area contributed by atoms with E-state index in [9.17, 15) is 34.8 Å². The molecule has 0 bridgehead atoms. The van der Waals surface area contributed by atoms with E-state index >= 15 is 0 Å². The molecule has 0 spiro atoms. The van der Waals surface area contributed by atoms with Gasteiger partial charge in [-0.1, -0.05) is 0 Å². The molecule has 2 unspecified atom stereocenters. The Bertz CT molecular complexity index is 975. The van der Waals surface area contributed by atoms with Crippen LogP contribution in [0.1, 0.15) is 0 Å². The first-order valence-corrected chi connectivity index (χ1v) is 12.7. The first-order chi connectivity index (χ1) is 18.1. The number of aliphatic carboxylic acids is 3. The molecule has 14 heteroatoms. The van der Waals surface area contributed by atoms with Crippen LogP contribution in [0, 0.1) is 0 Å². The number of ether oxygens (including phenoxy) is 1. The average molecular weight is 555 g/mol. The van der Waals surface area contributed by atoms with Gasteiger partial charge in [0.15, 0.2) is 6.54 Å². The molecule has 2 rings (SSSR count). The normalized spacial score (nSPS) is 20.8. The summed E-state index contributed by atoms with van der Waals surface area (Å²) in [5.74, 6) is -2.52. The molecule has 13 nitrogen and oxygen atoms in total. The molecule has 1 saturated heterocycles. The van der Waals surface area contributed by atoms with E-state index in [0.29, 0.717) is 50.7 Å². The summed E-state index contributed by atoms with van der Waals surface area (Å²) in [6.45, 7) is 2.28. The lowest BCUT2D eigenvalue weighted by atomic mass is 10.2. The minimum Gasteiger partial charge on any atom is -0.491 e. The second-order valence-corrected chi connectivity index (χ2v) is 9.46. The standard InChI is InChI=1S/C24H35N5O8S/c30-20(17-37-21-3-1-19(2-4-21)26-18-38)15-29(16-24(35)36)11-6-25-5-7-27(13-22(31)32)8-9-28(10-12-29)14-23(33)34/h1-4,20,25,30H,5-17H2,(H2-,31,32,33,34,35,36)/p+1. The largest absolute Gasteiger partial charge is 0.491 e. The van der Waals surface area contributed by atoms with Crippen LogP contribution in [0.2, 0.25) is 0 Å². The number of aliphatic imine (C=N–C) groups is 1. The van der Waals surface area contributed by atoms with Crippen LogP contribution < -0.4 is 10.1 Å². The highest BCUT2D eigenvalue weighted by atomic mass is 32.1. The van der Waals surface area contributed by atoms with E-state index in [4.69, 9.17) is 4.74 Å². The number of benzene rings is 1. The van der Waals surface area contributed by atoms with E-state index < -0.39 is 24.0 Å². The lowest BCUT2D eigenvalue weighted by molar-refractivity contribution is -0.922. The first kappa shape index (κ1) is 31.2. The summed E-state index contributed by atoms with van der Waals surface area (Å²) in [7, 11) is 0. The molecule has 210 valence electrons. The van der Waals surface area contributed by atoms with Crippen molar-refractivity contribution in [3.8, 4) is 5.75 Å². The Morgan fingerprint density at radius 2 is 1.61 bits per heavy atom. The van der Waals surface area contributed by atoms with E-state index in [1.165, 1.54) is 0 Å². The minimum atomic E-state index is -1.03. The Labute approximate surface area is 226 Å². The van der Waals surface area contributed by atoms with E-state index in [2.05, 4.69) is 27.7 Å². The van der Waals surface area contributed by atoms with Crippen molar-refractivity contribution in [2.75, 3.05) is 85.1 Å². The van der Waals surface area contributed by atoms with Crippen molar-refractivity contribution in [2.24, 2.45) is 4.99 Å². The number of quaternary nitrogens is 1. The van der Waals surface area contributed by atoms with Gasteiger partial charge in [0.2, 0.25) is 0 Å². The maximum atomic E-state index is 11.9. The van der Waals surface area contributed by atoms with Gasteiger partial charge in [-0.2, -0.15) is 4.99 Å². The highest BCUT2D eigenvalue weighted by Crippen LogP contribution is 2.18. The number of rotatable bonds is 12. The topological polar surface area (TPSA) is 172 Å². The van der Waals surface area contributed by atoms with Gasteiger partial charge in [0.1, 0.15) is 25.0 Å². The van der Waals surface area contributed by atoms with Crippen molar-refractivity contribution in [3.63, 3.8) is 0 Å². The Balaban J connectivity index is 2.13. The fourth-order valence-electron chi connectivity index (χ4n) is 4.40. The number of aliphatic hydroxyl groups is 1. The predicted molar refractivity (Wildman–Crippen MR) is 141 cm³/mol. The van der Waals surface area contributed by atoms with Gasteiger partial charge >= 0.3 is 17.9 Å². The SMILES string of the molecule is O=C(O)CN1CCNCC[N+](CC(=O)O)(CC(O)COc2ccc(N=C=S)cc2)CCN(CC(=O)O)CC1. The van der Waals surface area contributed by atoms with Gasteiger partial charge in [-0.25, -0.2) is 4.79 Å². The second kappa shape index (κ2) is 16.1. The summed E-state index contributed by atoms with van der Waals surface area (Å²) in [6, 6.07) is 6.74. The zero-order chi connectivity index (χ0) is 28.0. The van der Waals surface area contributed by atoms with Crippen LogP contribution in [0.4, 0.5) is 5.69 Å². The number of nitrogens with one attached hydrogen (secondary N) is 1. The fourth-order valence-corrected chi connectivity index (χ4v) is 4.51. The molecule has 2 atom stereocenters. The molecule has 1 aliphatic rings. The molecule has 1 aliphatic heterocycles. The fraction of sp³-hybridized carbons (Fsp3) is 0.583. The molecule has 0 aliphatic carbocycles. The van der Waals surface area contributed by atoms with Gasteiger partial charge in [-0.3, -0.25) is 19.4 Å². The highest BCUT2D eigenvalue weighted by molar-refractivity contribution is 7.78. The van der Waals surface area contributed by atoms with Crippen molar-refractivity contribution in [2.45, 2.75) is 6.10 Å². The van der Waals surface area contributed by atoms with Gasteiger partial charge in [0.05, 0.1) is 37.0 Å². The smallest absolute Gasteiger partial charge is 0.359 e. The Morgan fingerprint density at radius 3 is 2.18 bits per heavy atom. The maximum absolute atomic E-state index is 11.9. The first-order valence-electron chi connectivity index (χ1n) is 12.3. The molecule has 0 radical (unpaired) electrons. The molecule has 1 heterocycles. The molecule has 0 aromatic heterocycles. The Morgan fingerprint density at radius 1 is 0.974 bits per heavy atom. The molecular weight excluding hydrogens is 518 g/mol. The number of hydrogen-bond donors (Lipinski definition) is 5. The Hall–Kier alpha value is -2.97. The molecule has 0 saturated carbocycles. The minimum absolute atomic E-state index is 0.0180. The quantitative estimate of drug-likeness (QED) is 0.127. The third kappa shape index (κ3) is 12.0. The summed E-state index contributed by atoms with van der Waals surface area (Å²) in [5.41, 5.74) is 0.614. The molecule has 1 aromatic carbocycles. The second-order valence-electron chi connectivity index (χ2n) is 9.27. The summed E-state index contributed by atoms with van der Waals surface area (Å²) < 4.78 is 5.71. The van der Waals surface area contributed by atoms with Crippen LogP contribution in [-0.4, -0.2) is 149 Å². The van der Waals surface area contributed by atoms with E-state index in [1.54, 1.807) is 34.1 Å². The lowest BCUT2D eigenvalue weighted by Gasteiger charge is -2.40. The number of carboxylic acid groups (broad SMARTS) is 3. The van der Waals surface area contributed by atoms with E-state index in [-0.39, 0.29) is 50.4 Å². The molecule has 1 aromatic rings. The van der Waals surface area contributed by atoms with Gasteiger partial charge in [0.25, 0.3) is 0 Å². The summed E-state index contributed by atoms with van der Waals surface area (Å²) in [6.07, 6.45) is -0.986. The predicted octanol–water partition coefficient (Wildman–Crippen LogP) is -0.562. The molecule has 0 amide bonds. The number of thiocarbonyl (C=S) groups is 1.